The van der Waals surface area contributed by atoms with Crippen LogP contribution >= 0.6 is 11.6 Å². The van der Waals surface area contributed by atoms with Crippen LogP contribution in [0.1, 0.15) is 23.1 Å². The predicted octanol–water partition coefficient (Wildman–Crippen LogP) is 3.86. The molecule has 3 nitrogen and oxygen atoms in total. The van der Waals surface area contributed by atoms with Gasteiger partial charge in [0.05, 0.1) is 5.02 Å². The molecule has 0 radical (unpaired) electrons. The SMILES string of the molecule is Fc1cc(Cl)c2oc(C3NCCc4ccccc43)nc2c1. The van der Waals surface area contributed by atoms with Gasteiger partial charge in [-0.2, -0.15) is 0 Å². The van der Waals surface area contributed by atoms with Crippen LogP contribution < -0.4 is 5.32 Å². The first-order valence-electron chi connectivity index (χ1n) is 6.79. The lowest BCUT2D eigenvalue weighted by Gasteiger charge is -2.24. The molecule has 3 aromatic rings. The number of rotatable bonds is 1. The Morgan fingerprint density at radius 1 is 1.29 bits per heavy atom. The molecule has 0 aliphatic carbocycles. The van der Waals surface area contributed by atoms with Gasteiger partial charge in [0, 0.05) is 12.6 Å². The van der Waals surface area contributed by atoms with E-state index in [0.29, 0.717) is 17.0 Å². The fourth-order valence-corrected chi connectivity index (χ4v) is 3.07. The van der Waals surface area contributed by atoms with E-state index in [1.807, 2.05) is 12.1 Å². The second-order valence-electron chi connectivity index (χ2n) is 5.12. The molecular formula is C16H12ClFN2O. The van der Waals surface area contributed by atoms with Crippen molar-refractivity contribution >= 4 is 22.7 Å². The number of nitrogens with one attached hydrogen (secondary N) is 1. The van der Waals surface area contributed by atoms with Gasteiger partial charge in [-0.1, -0.05) is 35.9 Å². The largest absolute Gasteiger partial charge is 0.437 e. The number of benzene rings is 2. The van der Waals surface area contributed by atoms with Crippen LogP contribution in [0.25, 0.3) is 11.1 Å². The minimum Gasteiger partial charge on any atom is -0.437 e. The van der Waals surface area contributed by atoms with Crippen molar-refractivity contribution in [1.82, 2.24) is 10.3 Å². The van der Waals surface area contributed by atoms with Crippen molar-refractivity contribution in [2.75, 3.05) is 6.54 Å². The molecule has 1 aliphatic rings. The summed E-state index contributed by atoms with van der Waals surface area (Å²) < 4.78 is 19.2. The number of halogens is 2. The van der Waals surface area contributed by atoms with Crippen LogP contribution in [0.15, 0.2) is 40.8 Å². The lowest BCUT2D eigenvalue weighted by atomic mass is 9.94. The highest BCUT2D eigenvalue weighted by Crippen LogP contribution is 2.32. The molecule has 5 heteroatoms. The van der Waals surface area contributed by atoms with E-state index in [-0.39, 0.29) is 11.1 Å². The third-order valence-corrected chi connectivity index (χ3v) is 4.06. The zero-order valence-corrected chi connectivity index (χ0v) is 11.8. The highest BCUT2D eigenvalue weighted by atomic mass is 35.5. The lowest BCUT2D eigenvalue weighted by Crippen LogP contribution is -2.30. The fourth-order valence-electron chi connectivity index (χ4n) is 2.83. The van der Waals surface area contributed by atoms with E-state index in [1.165, 1.54) is 17.7 Å². The van der Waals surface area contributed by atoms with Crippen molar-refractivity contribution in [3.63, 3.8) is 0 Å². The van der Waals surface area contributed by atoms with Crippen molar-refractivity contribution < 1.29 is 8.81 Å². The Morgan fingerprint density at radius 3 is 3.05 bits per heavy atom. The number of fused-ring (bicyclic) bond motifs is 2. The molecule has 1 N–H and O–H groups in total. The highest BCUT2D eigenvalue weighted by Gasteiger charge is 2.26. The Balaban J connectivity index is 1.86. The Bertz CT molecular complexity index is 830. The average molecular weight is 303 g/mol. The number of oxazole rings is 1. The molecule has 1 aromatic heterocycles. The van der Waals surface area contributed by atoms with Gasteiger partial charge in [0.2, 0.25) is 5.89 Å². The van der Waals surface area contributed by atoms with Gasteiger partial charge < -0.3 is 9.73 Å². The van der Waals surface area contributed by atoms with Crippen molar-refractivity contribution in [2.45, 2.75) is 12.5 Å². The van der Waals surface area contributed by atoms with Crippen molar-refractivity contribution in [3.8, 4) is 0 Å². The van der Waals surface area contributed by atoms with Crippen LogP contribution in [-0.2, 0) is 6.42 Å². The summed E-state index contributed by atoms with van der Waals surface area (Å²) in [6.07, 6.45) is 0.974. The molecule has 1 unspecified atom stereocenters. The summed E-state index contributed by atoms with van der Waals surface area (Å²) in [5, 5.41) is 3.64. The molecule has 0 spiro atoms. The molecule has 4 rings (SSSR count). The maximum Gasteiger partial charge on any atom is 0.217 e. The summed E-state index contributed by atoms with van der Waals surface area (Å²) in [6, 6.07) is 10.6. The second kappa shape index (κ2) is 4.83. The van der Waals surface area contributed by atoms with Gasteiger partial charge in [0.25, 0.3) is 0 Å². The smallest absolute Gasteiger partial charge is 0.217 e. The average Bonchev–Trinajstić information content (AvgIpc) is 2.90. The molecule has 0 amide bonds. The number of aromatic nitrogens is 1. The molecule has 0 fully saturated rings. The van der Waals surface area contributed by atoms with Crippen molar-refractivity contribution in [2.24, 2.45) is 0 Å². The first kappa shape index (κ1) is 12.8. The van der Waals surface area contributed by atoms with E-state index in [2.05, 4.69) is 22.4 Å². The standard InChI is InChI=1S/C16H12ClFN2O/c17-12-7-10(18)8-13-15(12)21-16(20-13)14-11-4-2-1-3-9(11)5-6-19-14/h1-4,7-8,14,19H,5-6H2. The zero-order valence-electron chi connectivity index (χ0n) is 11.1. The first-order chi connectivity index (χ1) is 10.2. The summed E-state index contributed by atoms with van der Waals surface area (Å²) in [6.45, 7) is 0.850. The lowest BCUT2D eigenvalue weighted by molar-refractivity contribution is 0.439. The van der Waals surface area contributed by atoms with Gasteiger partial charge in [0.15, 0.2) is 5.58 Å². The van der Waals surface area contributed by atoms with Gasteiger partial charge in [-0.05, 0) is 23.6 Å². The van der Waals surface area contributed by atoms with E-state index in [4.69, 9.17) is 16.0 Å². The maximum atomic E-state index is 13.4. The highest BCUT2D eigenvalue weighted by molar-refractivity contribution is 6.34. The second-order valence-corrected chi connectivity index (χ2v) is 5.53. The fraction of sp³-hybridized carbons (Fsp3) is 0.188. The van der Waals surface area contributed by atoms with Crippen molar-refractivity contribution in [3.05, 3.63) is 64.3 Å². The van der Waals surface area contributed by atoms with E-state index >= 15 is 0 Å². The maximum absolute atomic E-state index is 13.4. The predicted molar refractivity (Wildman–Crippen MR) is 79.0 cm³/mol. The van der Waals surface area contributed by atoms with E-state index in [0.717, 1.165) is 18.5 Å². The van der Waals surface area contributed by atoms with E-state index in [9.17, 15) is 4.39 Å². The van der Waals surface area contributed by atoms with Gasteiger partial charge in [0.1, 0.15) is 17.4 Å². The molecule has 0 saturated carbocycles. The molecule has 1 aliphatic heterocycles. The van der Waals surface area contributed by atoms with E-state index < -0.39 is 5.82 Å². The third-order valence-electron chi connectivity index (χ3n) is 3.78. The summed E-state index contributed by atoms with van der Waals surface area (Å²) in [5.41, 5.74) is 3.30. The van der Waals surface area contributed by atoms with Crippen LogP contribution in [-0.4, -0.2) is 11.5 Å². The minimum atomic E-state index is -0.413. The van der Waals surface area contributed by atoms with Crippen LogP contribution in [0.5, 0.6) is 0 Å². The van der Waals surface area contributed by atoms with Gasteiger partial charge in [-0.25, -0.2) is 9.37 Å². The monoisotopic (exact) mass is 302 g/mol. The molecule has 0 bridgehead atoms. The molecule has 21 heavy (non-hydrogen) atoms. The Morgan fingerprint density at radius 2 is 2.14 bits per heavy atom. The number of nitrogens with zero attached hydrogens (tertiary/aromatic N) is 1. The van der Waals surface area contributed by atoms with E-state index in [1.54, 1.807) is 0 Å². The van der Waals surface area contributed by atoms with Gasteiger partial charge in [-0.15, -0.1) is 0 Å². The van der Waals surface area contributed by atoms with Crippen LogP contribution in [0.4, 0.5) is 4.39 Å². The van der Waals surface area contributed by atoms with Crippen LogP contribution in [0, 0.1) is 5.82 Å². The third kappa shape index (κ3) is 2.11. The Kier molecular flexibility index (Phi) is 2.94. The summed E-state index contributed by atoms with van der Waals surface area (Å²) in [7, 11) is 0. The zero-order chi connectivity index (χ0) is 14.4. The van der Waals surface area contributed by atoms with Gasteiger partial charge in [-0.3, -0.25) is 0 Å². The summed E-state index contributed by atoms with van der Waals surface area (Å²) in [4.78, 5) is 4.40. The van der Waals surface area contributed by atoms with Crippen molar-refractivity contribution in [1.29, 1.82) is 0 Å². The quantitative estimate of drug-likeness (QED) is 0.742. The Labute approximate surface area is 125 Å². The Hall–Kier alpha value is -1.91. The molecule has 2 aromatic carbocycles. The topological polar surface area (TPSA) is 38.1 Å². The number of hydrogen-bond acceptors (Lipinski definition) is 3. The molecular weight excluding hydrogens is 291 g/mol. The minimum absolute atomic E-state index is 0.124. The molecule has 0 saturated heterocycles. The van der Waals surface area contributed by atoms with Crippen LogP contribution in [0.3, 0.4) is 0 Å². The summed E-state index contributed by atoms with van der Waals surface area (Å²) in [5.74, 6) is 0.106. The number of hydrogen-bond donors (Lipinski definition) is 1. The molecule has 106 valence electrons. The van der Waals surface area contributed by atoms with Gasteiger partial charge >= 0.3 is 0 Å². The van der Waals surface area contributed by atoms with Crippen LogP contribution in [0.2, 0.25) is 5.02 Å². The summed E-state index contributed by atoms with van der Waals surface area (Å²) >= 11 is 6.02. The molecule has 1 atom stereocenters. The first-order valence-corrected chi connectivity index (χ1v) is 7.17. The molecule has 2 heterocycles. The normalized spacial score (nSPS) is 17.9.